The number of methoxy groups -OCH3 is 2. The van der Waals surface area contributed by atoms with Crippen molar-refractivity contribution in [2.75, 3.05) is 19.5 Å². The molecule has 3 heteroatoms. The third-order valence-electron chi connectivity index (χ3n) is 5.65. The van der Waals surface area contributed by atoms with Crippen molar-refractivity contribution in [3.8, 4) is 11.5 Å². The summed E-state index contributed by atoms with van der Waals surface area (Å²) in [5.41, 5.74) is 5.89. The van der Waals surface area contributed by atoms with Crippen LogP contribution in [0, 0.1) is 13.8 Å². The van der Waals surface area contributed by atoms with Crippen LogP contribution in [0.5, 0.6) is 11.5 Å². The number of hydrogen-bond acceptors (Lipinski definition) is 3. The molecular formula is C25H33NO2. The first-order chi connectivity index (χ1) is 13.4. The first-order valence-corrected chi connectivity index (χ1v) is 9.84. The van der Waals surface area contributed by atoms with Gasteiger partial charge in [0, 0.05) is 17.7 Å². The zero-order valence-corrected chi connectivity index (χ0v) is 18.1. The SMILES string of the molecule is C=C(C=CNc1ccc(OC)cc1OC)C(CC)(CC)c1ccc(C)cc1C. The average molecular weight is 380 g/mol. The van der Waals surface area contributed by atoms with Gasteiger partial charge >= 0.3 is 0 Å². The number of aryl methyl sites for hydroxylation is 2. The van der Waals surface area contributed by atoms with Gasteiger partial charge < -0.3 is 14.8 Å². The second kappa shape index (κ2) is 9.50. The Kier molecular flexibility index (Phi) is 7.33. The van der Waals surface area contributed by atoms with Gasteiger partial charge in [-0.1, -0.05) is 44.2 Å². The Balaban J connectivity index is 2.27. The molecule has 0 saturated carbocycles. The molecule has 0 unspecified atom stereocenters. The van der Waals surface area contributed by atoms with Crippen molar-refractivity contribution >= 4 is 5.69 Å². The highest BCUT2D eigenvalue weighted by Crippen LogP contribution is 2.40. The van der Waals surface area contributed by atoms with E-state index in [2.05, 4.69) is 63.9 Å². The quantitative estimate of drug-likeness (QED) is 0.500. The molecule has 0 fully saturated rings. The summed E-state index contributed by atoms with van der Waals surface area (Å²) < 4.78 is 10.7. The van der Waals surface area contributed by atoms with Gasteiger partial charge in [-0.15, -0.1) is 0 Å². The maximum atomic E-state index is 5.45. The third-order valence-corrected chi connectivity index (χ3v) is 5.65. The van der Waals surface area contributed by atoms with Crippen molar-refractivity contribution in [2.45, 2.75) is 46.0 Å². The third kappa shape index (κ3) is 4.41. The Morgan fingerprint density at radius 3 is 2.32 bits per heavy atom. The van der Waals surface area contributed by atoms with Crippen molar-refractivity contribution < 1.29 is 9.47 Å². The van der Waals surface area contributed by atoms with Crippen LogP contribution in [0.15, 0.2) is 60.8 Å². The van der Waals surface area contributed by atoms with Crippen LogP contribution in [0.25, 0.3) is 0 Å². The number of hydrogen-bond donors (Lipinski definition) is 1. The molecule has 0 radical (unpaired) electrons. The van der Waals surface area contributed by atoms with Crippen LogP contribution in [0.4, 0.5) is 5.69 Å². The molecule has 0 aromatic heterocycles. The van der Waals surface area contributed by atoms with E-state index in [9.17, 15) is 0 Å². The van der Waals surface area contributed by atoms with Gasteiger partial charge in [-0.05, 0) is 61.6 Å². The molecule has 0 saturated heterocycles. The summed E-state index contributed by atoms with van der Waals surface area (Å²) in [4.78, 5) is 0. The van der Waals surface area contributed by atoms with Crippen molar-refractivity contribution in [3.63, 3.8) is 0 Å². The lowest BCUT2D eigenvalue weighted by molar-refractivity contribution is 0.395. The van der Waals surface area contributed by atoms with Gasteiger partial charge in [-0.25, -0.2) is 0 Å². The molecular weight excluding hydrogens is 346 g/mol. The van der Waals surface area contributed by atoms with Gasteiger partial charge in [0.2, 0.25) is 0 Å². The standard InChI is InChI=1S/C25H33NO2/c1-8-25(9-2,22-12-10-18(3)16-19(22)4)20(5)14-15-26-23-13-11-21(27-6)17-24(23)28-7/h10-17,26H,5,8-9H2,1-4,6-7H3. The molecule has 1 N–H and O–H groups in total. The monoisotopic (exact) mass is 379 g/mol. The van der Waals surface area contributed by atoms with Gasteiger partial charge in [0.1, 0.15) is 11.5 Å². The summed E-state index contributed by atoms with van der Waals surface area (Å²) in [6.45, 7) is 13.2. The topological polar surface area (TPSA) is 30.5 Å². The van der Waals surface area contributed by atoms with Crippen molar-refractivity contribution in [1.82, 2.24) is 0 Å². The van der Waals surface area contributed by atoms with Crippen LogP contribution in [0.3, 0.4) is 0 Å². The second-order valence-corrected chi connectivity index (χ2v) is 7.18. The Labute approximate surface area is 170 Å². The number of allylic oxidation sites excluding steroid dienone is 2. The summed E-state index contributed by atoms with van der Waals surface area (Å²) in [7, 11) is 3.30. The average Bonchev–Trinajstić information content (AvgIpc) is 2.70. The minimum atomic E-state index is -0.0695. The minimum Gasteiger partial charge on any atom is -0.497 e. The Morgan fingerprint density at radius 1 is 1.04 bits per heavy atom. The van der Waals surface area contributed by atoms with Crippen molar-refractivity contribution in [1.29, 1.82) is 0 Å². The van der Waals surface area contributed by atoms with Gasteiger partial charge in [0.25, 0.3) is 0 Å². The normalized spacial score (nSPS) is 11.5. The van der Waals surface area contributed by atoms with E-state index in [0.717, 1.165) is 35.6 Å². The molecule has 0 spiro atoms. The molecule has 0 bridgehead atoms. The fraction of sp³-hybridized carbons (Fsp3) is 0.360. The van der Waals surface area contributed by atoms with Crippen LogP contribution in [-0.4, -0.2) is 14.2 Å². The Bertz CT molecular complexity index is 848. The van der Waals surface area contributed by atoms with Crippen LogP contribution >= 0.6 is 0 Å². The van der Waals surface area contributed by atoms with Gasteiger partial charge in [0.15, 0.2) is 0 Å². The molecule has 2 rings (SSSR count). The molecule has 0 atom stereocenters. The predicted molar refractivity (Wildman–Crippen MR) is 120 cm³/mol. The maximum Gasteiger partial charge on any atom is 0.145 e. The van der Waals surface area contributed by atoms with Gasteiger partial charge in [-0.2, -0.15) is 0 Å². The molecule has 0 amide bonds. The molecule has 3 nitrogen and oxygen atoms in total. The molecule has 0 aliphatic heterocycles. The molecule has 2 aromatic carbocycles. The second-order valence-electron chi connectivity index (χ2n) is 7.18. The summed E-state index contributed by atoms with van der Waals surface area (Å²) in [6, 6.07) is 12.4. The molecule has 2 aromatic rings. The summed E-state index contributed by atoms with van der Waals surface area (Å²) in [5.74, 6) is 1.50. The lowest BCUT2D eigenvalue weighted by Crippen LogP contribution is -2.27. The van der Waals surface area contributed by atoms with E-state index in [4.69, 9.17) is 9.47 Å². The number of ether oxygens (including phenoxy) is 2. The molecule has 0 aliphatic carbocycles. The highest BCUT2D eigenvalue weighted by molar-refractivity contribution is 5.61. The predicted octanol–water partition coefficient (Wildman–Crippen LogP) is 6.56. The van der Waals surface area contributed by atoms with Crippen molar-refractivity contribution in [2.24, 2.45) is 0 Å². The highest BCUT2D eigenvalue weighted by atomic mass is 16.5. The van der Waals surface area contributed by atoms with E-state index < -0.39 is 0 Å². The van der Waals surface area contributed by atoms with Crippen LogP contribution in [-0.2, 0) is 5.41 Å². The molecule has 150 valence electrons. The first kappa shape index (κ1) is 21.6. The first-order valence-electron chi connectivity index (χ1n) is 9.84. The van der Waals surface area contributed by atoms with E-state index >= 15 is 0 Å². The van der Waals surface area contributed by atoms with E-state index in [1.54, 1.807) is 14.2 Å². The van der Waals surface area contributed by atoms with E-state index in [1.165, 1.54) is 16.7 Å². The molecule has 28 heavy (non-hydrogen) atoms. The number of nitrogens with one attached hydrogen (secondary N) is 1. The lowest BCUT2D eigenvalue weighted by atomic mass is 9.69. The molecule has 0 aliphatic rings. The Morgan fingerprint density at radius 2 is 1.75 bits per heavy atom. The number of rotatable bonds is 9. The highest BCUT2D eigenvalue weighted by Gasteiger charge is 2.31. The van der Waals surface area contributed by atoms with Gasteiger partial charge in [0.05, 0.1) is 19.9 Å². The minimum absolute atomic E-state index is 0.0695. The zero-order valence-electron chi connectivity index (χ0n) is 18.1. The summed E-state index contributed by atoms with van der Waals surface area (Å²) in [6.07, 6.45) is 6.02. The summed E-state index contributed by atoms with van der Waals surface area (Å²) in [5, 5.41) is 3.32. The molecule has 0 heterocycles. The van der Waals surface area contributed by atoms with Crippen LogP contribution in [0.1, 0.15) is 43.4 Å². The Hall–Kier alpha value is -2.68. The van der Waals surface area contributed by atoms with Crippen molar-refractivity contribution in [3.05, 3.63) is 77.5 Å². The lowest BCUT2D eigenvalue weighted by Gasteiger charge is -2.35. The maximum absolute atomic E-state index is 5.45. The van der Waals surface area contributed by atoms with Crippen LogP contribution in [0.2, 0.25) is 0 Å². The van der Waals surface area contributed by atoms with E-state index in [0.29, 0.717) is 0 Å². The number of anilines is 1. The summed E-state index contributed by atoms with van der Waals surface area (Å²) >= 11 is 0. The largest absolute Gasteiger partial charge is 0.497 e. The fourth-order valence-corrected chi connectivity index (χ4v) is 3.92. The smallest absolute Gasteiger partial charge is 0.145 e. The fourth-order valence-electron chi connectivity index (χ4n) is 3.92. The van der Waals surface area contributed by atoms with Crippen LogP contribution < -0.4 is 14.8 Å². The van der Waals surface area contributed by atoms with E-state index in [-0.39, 0.29) is 5.41 Å². The zero-order chi connectivity index (χ0) is 20.7. The van der Waals surface area contributed by atoms with E-state index in [1.807, 2.05) is 24.4 Å². The number of benzene rings is 2. The van der Waals surface area contributed by atoms with Gasteiger partial charge in [-0.3, -0.25) is 0 Å².